The number of carbonyl (C=O) groups is 1. The third-order valence-corrected chi connectivity index (χ3v) is 5.45. The van der Waals surface area contributed by atoms with E-state index in [2.05, 4.69) is 13.8 Å². The van der Waals surface area contributed by atoms with Gasteiger partial charge in [-0.15, -0.1) is 0 Å². The van der Waals surface area contributed by atoms with Crippen LogP contribution in [0, 0.1) is 0 Å². The molecule has 0 aromatic rings. The van der Waals surface area contributed by atoms with E-state index in [1.54, 1.807) is 0 Å². The average molecular weight is 382 g/mol. The summed E-state index contributed by atoms with van der Waals surface area (Å²) in [5.41, 5.74) is 7.43. The van der Waals surface area contributed by atoms with Gasteiger partial charge in [-0.25, -0.2) is 4.79 Å². The first-order chi connectivity index (χ1) is 13.2. The molecule has 0 aliphatic rings. The van der Waals surface area contributed by atoms with Gasteiger partial charge in [0.15, 0.2) is 0 Å². The highest BCUT2D eigenvalue weighted by atomic mass is 16.5. The highest BCUT2D eigenvalue weighted by Gasteiger charge is 2.10. The Balaban J connectivity index is 3.57. The van der Waals surface area contributed by atoms with Crippen molar-refractivity contribution < 1.29 is 9.53 Å². The Morgan fingerprint density at radius 1 is 0.741 bits per heavy atom. The van der Waals surface area contributed by atoms with E-state index in [1.165, 1.54) is 95.5 Å². The lowest BCUT2D eigenvalue weighted by Crippen LogP contribution is -2.15. The quantitative estimate of drug-likeness (QED) is 0.148. The van der Waals surface area contributed by atoms with Crippen LogP contribution in [0.2, 0.25) is 0 Å². The number of unbranched alkanes of at least 4 members (excludes halogenated alkanes) is 13. The number of hydrogen-bond donors (Lipinski definition) is 1. The van der Waals surface area contributed by atoms with Gasteiger partial charge in [0.05, 0.1) is 0 Å². The zero-order valence-corrected chi connectivity index (χ0v) is 18.6. The van der Waals surface area contributed by atoms with Gasteiger partial charge in [-0.05, 0) is 26.2 Å². The summed E-state index contributed by atoms with van der Waals surface area (Å²) in [5, 5.41) is 0. The van der Waals surface area contributed by atoms with Crippen molar-refractivity contribution in [2.75, 3.05) is 13.2 Å². The molecule has 0 heterocycles. The molecule has 0 rings (SSSR count). The van der Waals surface area contributed by atoms with Crippen LogP contribution < -0.4 is 5.73 Å². The van der Waals surface area contributed by atoms with Crippen molar-refractivity contribution in [3.8, 4) is 0 Å². The third-order valence-electron chi connectivity index (χ3n) is 5.45. The summed E-state index contributed by atoms with van der Waals surface area (Å²) in [6.45, 7) is 6.99. The molecule has 0 aliphatic heterocycles. The van der Waals surface area contributed by atoms with Crippen molar-refractivity contribution >= 4 is 5.97 Å². The van der Waals surface area contributed by atoms with Crippen LogP contribution in [0.4, 0.5) is 0 Å². The fraction of sp³-hybridized carbons (Fsp3) is 0.875. The zero-order chi connectivity index (χ0) is 20.2. The van der Waals surface area contributed by atoms with Crippen LogP contribution in [0.15, 0.2) is 11.1 Å². The average Bonchev–Trinajstić information content (AvgIpc) is 2.68. The molecule has 3 heteroatoms. The lowest BCUT2D eigenvalue weighted by molar-refractivity contribution is -0.138. The summed E-state index contributed by atoms with van der Waals surface area (Å²) in [5.74, 6) is -0.192. The Hall–Kier alpha value is -0.830. The van der Waals surface area contributed by atoms with Gasteiger partial charge in [-0.3, -0.25) is 0 Å². The van der Waals surface area contributed by atoms with Crippen LogP contribution in [-0.2, 0) is 9.53 Å². The second-order valence-corrected chi connectivity index (χ2v) is 7.85. The van der Waals surface area contributed by atoms with E-state index in [4.69, 9.17) is 10.5 Å². The van der Waals surface area contributed by atoms with Crippen molar-refractivity contribution in [2.45, 2.75) is 124 Å². The molecule has 0 atom stereocenters. The molecule has 0 aromatic carbocycles. The highest BCUT2D eigenvalue weighted by molar-refractivity contribution is 5.88. The molecule has 0 saturated heterocycles. The second kappa shape index (κ2) is 19.9. The van der Waals surface area contributed by atoms with Crippen LogP contribution in [0.1, 0.15) is 124 Å². The molecule has 0 fully saturated rings. The van der Waals surface area contributed by atoms with Crippen LogP contribution >= 0.6 is 0 Å². The van der Waals surface area contributed by atoms with Crippen LogP contribution in [0.5, 0.6) is 0 Å². The van der Waals surface area contributed by atoms with E-state index >= 15 is 0 Å². The number of carbonyl (C=O) groups excluding carboxylic acids is 1. The minimum absolute atomic E-state index is 0.192. The first-order valence-corrected chi connectivity index (χ1v) is 11.7. The summed E-state index contributed by atoms with van der Waals surface area (Å²) in [6, 6.07) is 0. The van der Waals surface area contributed by atoms with Crippen LogP contribution in [0.25, 0.3) is 0 Å². The molecule has 2 N–H and O–H groups in total. The SMILES string of the molecule is CCCCCCCCCCCCCCCCC(CC)=C(C)C(=O)OCCN. The van der Waals surface area contributed by atoms with E-state index < -0.39 is 0 Å². The summed E-state index contributed by atoms with van der Waals surface area (Å²) < 4.78 is 5.14. The summed E-state index contributed by atoms with van der Waals surface area (Å²) >= 11 is 0. The van der Waals surface area contributed by atoms with Crippen molar-refractivity contribution in [2.24, 2.45) is 5.73 Å². The zero-order valence-electron chi connectivity index (χ0n) is 18.6. The molecule has 0 amide bonds. The molecule has 0 saturated carbocycles. The lowest BCUT2D eigenvalue weighted by Gasteiger charge is -2.10. The monoisotopic (exact) mass is 381 g/mol. The minimum Gasteiger partial charge on any atom is -0.461 e. The molecule has 0 bridgehead atoms. The predicted molar refractivity (Wildman–Crippen MR) is 118 cm³/mol. The van der Waals surface area contributed by atoms with Crippen molar-refractivity contribution in [1.82, 2.24) is 0 Å². The largest absolute Gasteiger partial charge is 0.461 e. The lowest BCUT2D eigenvalue weighted by atomic mass is 9.99. The van der Waals surface area contributed by atoms with Gasteiger partial charge >= 0.3 is 5.97 Å². The topological polar surface area (TPSA) is 52.3 Å². The van der Waals surface area contributed by atoms with E-state index in [0.717, 1.165) is 18.4 Å². The smallest absolute Gasteiger partial charge is 0.333 e. The van der Waals surface area contributed by atoms with Gasteiger partial charge in [-0.2, -0.15) is 0 Å². The third kappa shape index (κ3) is 15.9. The number of nitrogens with two attached hydrogens (primary N) is 1. The van der Waals surface area contributed by atoms with E-state index in [0.29, 0.717) is 13.2 Å². The number of ether oxygens (including phenoxy) is 1. The van der Waals surface area contributed by atoms with Crippen molar-refractivity contribution in [3.05, 3.63) is 11.1 Å². The maximum absolute atomic E-state index is 11.9. The van der Waals surface area contributed by atoms with Gasteiger partial charge in [0.25, 0.3) is 0 Å². The van der Waals surface area contributed by atoms with Gasteiger partial charge in [0.1, 0.15) is 6.61 Å². The Morgan fingerprint density at radius 2 is 1.19 bits per heavy atom. The fourth-order valence-electron chi connectivity index (χ4n) is 3.57. The molecule has 0 radical (unpaired) electrons. The highest BCUT2D eigenvalue weighted by Crippen LogP contribution is 2.19. The molecular weight excluding hydrogens is 334 g/mol. The van der Waals surface area contributed by atoms with Crippen molar-refractivity contribution in [3.63, 3.8) is 0 Å². The number of rotatable bonds is 19. The molecule has 0 spiro atoms. The Kier molecular flexibility index (Phi) is 19.3. The first-order valence-electron chi connectivity index (χ1n) is 11.7. The summed E-state index contributed by atoms with van der Waals surface area (Å²) in [6.07, 6.45) is 21.2. The number of allylic oxidation sites excluding steroid dienone is 1. The van der Waals surface area contributed by atoms with E-state index in [9.17, 15) is 4.79 Å². The van der Waals surface area contributed by atoms with Crippen LogP contribution in [0.3, 0.4) is 0 Å². The van der Waals surface area contributed by atoms with Gasteiger partial charge in [0.2, 0.25) is 0 Å². The maximum Gasteiger partial charge on any atom is 0.333 e. The second-order valence-electron chi connectivity index (χ2n) is 7.85. The normalized spacial score (nSPS) is 12.1. The molecular formula is C24H47NO2. The van der Waals surface area contributed by atoms with E-state index in [1.807, 2.05) is 6.92 Å². The predicted octanol–water partition coefficient (Wildman–Crippen LogP) is 7.09. The molecule has 160 valence electrons. The molecule has 0 aliphatic carbocycles. The molecule has 0 aromatic heterocycles. The Morgan fingerprint density at radius 3 is 1.59 bits per heavy atom. The van der Waals surface area contributed by atoms with E-state index in [-0.39, 0.29) is 5.97 Å². The van der Waals surface area contributed by atoms with Gasteiger partial charge in [-0.1, -0.05) is 103 Å². The Labute approximate surface area is 169 Å². The minimum atomic E-state index is -0.192. The summed E-state index contributed by atoms with van der Waals surface area (Å²) in [7, 11) is 0. The van der Waals surface area contributed by atoms with Gasteiger partial charge < -0.3 is 10.5 Å². The summed E-state index contributed by atoms with van der Waals surface area (Å²) in [4.78, 5) is 11.9. The van der Waals surface area contributed by atoms with Crippen LogP contribution in [-0.4, -0.2) is 19.1 Å². The standard InChI is InChI=1S/C24H47NO2/c1-4-6-7-8-9-10-11-12-13-14-15-16-17-18-19-23(5-2)22(3)24(26)27-21-20-25/h4-21,25H2,1-3H3. The molecule has 3 nitrogen and oxygen atoms in total. The number of esters is 1. The first kappa shape index (κ1) is 26.2. The fourth-order valence-corrected chi connectivity index (χ4v) is 3.57. The van der Waals surface area contributed by atoms with Crippen molar-refractivity contribution in [1.29, 1.82) is 0 Å². The Bertz CT molecular complexity index is 377. The van der Waals surface area contributed by atoms with Gasteiger partial charge in [0, 0.05) is 12.1 Å². The molecule has 0 unspecified atom stereocenters. The maximum atomic E-state index is 11.9. The molecule has 27 heavy (non-hydrogen) atoms. The number of hydrogen-bond acceptors (Lipinski definition) is 3.